The van der Waals surface area contributed by atoms with Gasteiger partial charge in [0.05, 0.1) is 11.7 Å². The Morgan fingerprint density at radius 3 is 2.65 bits per heavy atom. The highest BCUT2D eigenvalue weighted by Crippen LogP contribution is 2.66. The van der Waals surface area contributed by atoms with E-state index in [1.807, 2.05) is 0 Å². The highest BCUT2D eigenvalue weighted by Gasteiger charge is 2.68. The van der Waals surface area contributed by atoms with Crippen molar-refractivity contribution in [1.82, 2.24) is 0 Å². The van der Waals surface area contributed by atoms with E-state index < -0.39 is 0 Å². The SMILES string of the molecule is CC1(C)[C@@H]2C[C@H]3OB([C@@H](CN)c4cccc5ccccc45)O[C@@]3(C)[C@H]1C2. The zero-order valence-electron chi connectivity index (χ0n) is 15.9. The van der Waals surface area contributed by atoms with Gasteiger partial charge in [0.25, 0.3) is 0 Å². The molecule has 2 N–H and O–H groups in total. The molecule has 26 heavy (non-hydrogen) atoms. The van der Waals surface area contributed by atoms with Crippen LogP contribution in [0, 0.1) is 17.3 Å². The minimum atomic E-state index is -0.254. The van der Waals surface area contributed by atoms with Crippen LogP contribution in [0.4, 0.5) is 0 Å². The molecule has 136 valence electrons. The fraction of sp³-hybridized carbons (Fsp3) is 0.545. The molecule has 1 aliphatic heterocycles. The molecule has 0 amide bonds. The van der Waals surface area contributed by atoms with Crippen molar-refractivity contribution >= 4 is 17.9 Å². The fourth-order valence-corrected chi connectivity index (χ4v) is 6.03. The van der Waals surface area contributed by atoms with Crippen LogP contribution in [0.5, 0.6) is 0 Å². The van der Waals surface area contributed by atoms with Crippen molar-refractivity contribution in [3.8, 4) is 0 Å². The van der Waals surface area contributed by atoms with Crippen molar-refractivity contribution in [1.29, 1.82) is 0 Å². The molecule has 1 heterocycles. The lowest BCUT2D eigenvalue weighted by molar-refractivity contribution is -0.199. The second kappa shape index (κ2) is 5.57. The molecule has 6 rings (SSSR count). The third kappa shape index (κ3) is 2.13. The molecule has 3 aliphatic carbocycles. The summed E-state index contributed by atoms with van der Waals surface area (Å²) in [6.45, 7) is 7.60. The van der Waals surface area contributed by atoms with Gasteiger partial charge < -0.3 is 15.0 Å². The van der Waals surface area contributed by atoms with Gasteiger partial charge in [0.1, 0.15) is 0 Å². The van der Waals surface area contributed by atoms with Crippen LogP contribution in [0.25, 0.3) is 10.8 Å². The Kier molecular flexibility index (Phi) is 3.60. The van der Waals surface area contributed by atoms with Gasteiger partial charge in [-0.2, -0.15) is 0 Å². The number of hydrogen-bond acceptors (Lipinski definition) is 3. The van der Waals surface area contributed by atoms with E-state index in [1.54, 1.807) is 0 Å². The van der Waals surface area contributed by atoms with E-state index in [9.17, 15) is 0 Å². The van der Waals surface area contributed by atoms with Crippen LogP contribution >= 0.6 is 0 Å². The topological polar surface area (TPSA) is 44.5 Å². The second-order valence-electron chi connectivity index (χ2n) is 9.25. The Morgan fingerprint density at radius 1 is 1.12 bits per heavy atom. The van der Waals surface area contributed by atoms with Crippen LogP contribution in [-0.2, 0) is 9.31 Å². The van der Waals surface area contributed by atoms with Crippen LogP contribution in [0.15, 0.2) is 42.5 Å². The molecule has 3 nitrogen and oxygen atoms in total. The van der Waals surface area contributed by atoms with Gasteiger partial charge in [0, 0.05) is 5.82 Å². The van der Waals surface area contributed by atoms with Crippen molar-refractivity contribution < 1.29 is 9.31 Å². The molecular formula is C22H28BNO2. The first kappa shape index (κ1) is 16.8. The van der Waals surface area contributed by atoms with Crippen molar-refractivity contribution in [2.75, 3.05) is 6.54 Å². The maximum Gasteiger partial charge on any atom is 0.466 e. The largest absolute Gasteiger partial charge is 0.466 e. The summed E-state index contributed by atoms with van der Waals surface area (Å²) in [7, 11) is -0.254. The summed E-state index contributed by atoms with van der Waals surface area (Å²) >= 11 is 0. The lowest BCUT2D eigenvalue weighted by atomic mass is 9.43. The Balaban J connectivity index is 1.50. The third-order valence-corrected chi connectivity index (χ3v) is 7.77. The highest BCUT2D eigenvalue weighted by atomic mass is 16.7. The second-order valence-corrected chi connectivity index (χ2v) is 9.25. The molecule has 4 heteroatoms. The van der Waals surface area contributed by atoms with E-state index in [0.717, 1.165) is 12.3 Å². The molecule has 2 aromatic rings. The van der Waals surface area contributed by atoms with Crippen LogP contribution in [0.1, 0.15) is 45.0 Å². The predicted molar refractivity (Wildman–Crippen MR) is 106 cm³/mol. The molecule has 2 bridgehead atoms. The first-order chi connectivity index (χ1) is 12.4. The van der Waals surface area contributed by atoms with E-state index in [2.05, 4.69) is 63.2 Å². The quantitative estimate of drug-likeness (QED) is 0.847. The van der Waals surface area contributed by atoms with E-state index in [0.29, 0.717) is 17.9 Å². The minimum Gasteiger partial charge on any atom is -0.405 e. The van der Waals surface area contributed by atoms with Crippen molar-refractivity contribution in [2.24, 2.45) is 23.0 Å². The van der Waals surface area contributed by atoms with Crippen molar-refractivity contribution in [3.63, 3.8) is 0 Å². The molecule has 2 aromatic carbocycles. The third-order valence-electron chi connectivity index (χ3n) is 7.77. The minimum absolute atomic E-state index is 0.0591. The average molecular weight is 349 g/mol. The Morgan fingerprint density at radius 2 is 1.88 bits per heavy atom. The summed E-state index contributed by atoms with van der Waals surface area (Å²) in [5, 5.41) is 2.50. The van der Waals surface area contributed by atoms with Gasteiger partial charge in [-0.15, -0.1) is 0 Å². The smallest absolute Gasteiger partial charge is 0.405 e. The normalized spacial score (nSPS) is 35.8. The molecular weight excluding hydrogens is 321 g/mol. The van der Waals surface area contributed by atoms with Gasteiger partial charge in [-0.25, -0.2) is 0 Å². The van der Waals surface area contributed by atoms with E-state index in [4.69, 9.17) is 15.0 Å². The molecule has 5 atom stereocenters. The molecule has 4 fully saturated rings. The summed E-state index contributed by atoms with van der Waals surface area (Å²) < 4.78 is 13.2. The fourth-order valence-electron chi connectivity index (χ4n) is 6.03. The summed E-state index contributed by atoms with van der Waals surface area (Å²) in [6.07, 6.45) is 2.59. The van der Waals surface area contributed by atoms with Crippen LogP contribution < -0.4 is 5.73 Å². The Hall–Kier alpha value is -1.36. The first-order valence-electron chi connectivity index (χ1n) is 9.96. The van der Waals surface area contributed by atoms with Crippen LogP contribution in [-0.4, -0.2) is 25.4 Å². The summed E-state index contributed by atoms with van der Waals surface area (Å²) in [5.41, 5.74) is 7.67. The number of fused-ring (bicyclic) bond motifs is 1. The maximum atomic E-state index is 6.69. The van der Waals surface area contributed by atoms with Crippen molar-refractivity contribution in [2.45, 2.75) is 51.1 Å². The first-order valence-corrected chi connectivity index (χ1v) is 9.96. The zero-order valence-corrected chi connectivity index (χ0v) is 15.9. The standard InChI is InChI=1S/C22H28BNO2/c1-21(2)15-11-19(21)22(3)20(12-15)25-23(26-22)18(13-24)17-10-6-8-14-7-4-5-9-16(14)17/h4-10,15,18-20H,11-13,24H2,1-3H3/t15-,18-,19-,20+,22-/m0/s1. The van der Waals surface area contributed by atoms with Gasteiger partial charge >= 0.3 is 7.12 Å². The van der Waals surface area contributed by atoms with Gasteiger partial charge in [0.2, 0.25) is 0 Å². The monoisotopic (exact) mass is 349 g/mol. The lowest BCUT2D eigenvalue weighted by Gasteiger charge is -2.64. The van der Waals surface area contributed by atoms with E-state index in [1.165, 1.54) is 22.8 Å². The molecule has 4 aliphatic rings. The predicted octanol–water partition coefficient (Wildman–Crippen LogP) is 4.15. The lowest BCUT2D eigenvalue weighted by Crippen LogP contribution is -2.65. The summed E-state index contributed by atoms with van der Waals surface area (Å²) in [4.78, 5) is 0. The molecule has 0 aromatic heterocycles. The van der Waals surface area contributed by atoms with Gasteiger partial charge in [-0.1, -0.05) is 56.3 Å². The van der Waals surface area contributed by atoms with Crippen LogP contribution in [0.3, 0.4) is 0 Å². The molecule has 0 spiro atoms. The molecule has 3 saturated carbocycles. The van der Waals surface area contributed by atoms with Crippen molar-refractivity contribution in [3.05, 3.63) is 48.0 Å². The van der Waals surface area contributed by atoms with E-state index >= 15 is 0 Å². The number of benzene rings is 2. The van der Waals surface area contributed by atoms with Gasteiger partial charge in [0.15, 0.2) is 0 Å². The molecule has 1 saturated heterocycles. The Labute approximate surface area is 156 Å². The number of rotatable bonds is 3. The zero-order chi connectivity index (χ0) is 18.1. The number of hydrogen-bond donors (Lipinski definition) is 1. The van der Waals surface area contributed by atoms with Crippen LogP contribution in [0.2, 0.25) is 0 Å². The number of nitrogens with two attached hydrogens (primary N) is 1. The van der Waals surface area contributed by atoms with Gasteiger partial charge in [-0.05, 0) is 59.9 Å². The Bertz CT molecular complexity index is 848. The average Bonchev–Trinajstić information content (AvgIpc) is 2.99. The maximum absolute atomic E-state index is 6.69. The highest BCUT2D eigenvalue weighted by molar-refractivity contribution is 6.48. The molecule has 0 unspecified atom stereocenters. The summed E-state index contributed by atoms with van der Waals surface area (Å²) in [6, 6.07) is 15.0. The molecule has 0 radical (unpaired) electrons. The van der Waals surface area contributed by atoms with Gasteiger partial charge in [-0.3, -0.25) is 0 Å². The summed E-state index contributed by atoms with van der Waals surface area (Å²) in [5.74, 6) is 1.40. The van der Waals surface area contributed by atoms with E-state index in [-0.39, 0.29) is 24.6 Å².